The number of benzene rings is 1. The molecule has 108 valence electrons. The van der Waals surface area contributed by atoms with Crippen LogP contribution in [-0.4, -0.2) is 12.3 Å². The summed E-state index contributed by atoms with van der Waals surface area (Å²) in [7, 11) is 0. The van der Waals surface area contributed by atoms with E-state index in [-0.39, 0.29) is 0 Å². The molecular formula is C17H29NS. The highest BCUT2D eigenvalue weighted by Crippen LogP contribution is 2.26. The molecule has 0 aliphatic heterocycles. The van der Waals surface area contributed by atoms with Crippen LogP contribution >= 0.6 is 11.8 Å². The third-order valence-electron chi connectivity index (χ3n) is 2.90. The molecule has 0 aliphatic carbocycles. The van der Waals surface area contributed by atoms with Crippen molar-refractivity contribution in [2.45, 2.75) is 52.5 Å². The topological polar surface area (TPSA) is 12.0 Å². The molecule has 0 amide bonds. The summed E-state index contributed by atoms with van der Waals surface area (Å²) in [5.41, 5.74) is 1.82. The molecule has 0 saturated heterocycles. The lowest BCUT2D eigenvalue weighted by atomic mass is 9.94. The van der Waals surface area contributed by atoms with Gasteiger partial charge in [0.05, 0.1) is 0 Å². The summed E-state index contributed by atoms with van der Waals surface area (Å²) in [6.07, 6.45) is 1.26. The lowest BCUT2D eigenvalue weighted by Gasteiger charge is -2.17. The minimum atomic E-state index is 0.434. The van der Waals surface area contributed by atoms with Crippen LogP contribution in [0, 0.1) is 11.3 Å². The summed E-state index contributed by atoms with van der Waals surface area (Å²) >= 11 is 1.97. The van der Waals surface area contributed by atoms with Crippen molar-refractivity contribution in [1.29, 1.82) is 0 Å². The maximum absolute atomic E-state index is 3.50. The molecule has 0 heterocycles. The highest BCUT2D eigenvalue weighted by atomic mass is 32.2. The summed E-state index contributed by atoms with van der Waals surface area (Å²) in [5, 5.41) is 3.50. The number of thioether (sulfide) groups is 1. The Morgan fingerprint density at radius 1 is 1.21 bits per heavy atom. The third kappa shape index (κ3) is 8.33. The molecule has 0 radical (unpaired) electrons. The fourth-order valence-corrected chi connectivity index (χ4v) is 3.09. The number of rotatable bonds is 7. The van der Waals surface area contributed by atoms with Crippen molar-refractivity contribution in [2.75, 3.05) is 12.3 Å². The molecule has 2 heteroatoms. The molecule has 0 aliphatic rings. The molecule has 0 aromatic heterocycles. The lowest BCUT2D eigenvalue weighted by molar-refractivity contribution is 0.401. The van der Waals surface area contributed by atoms with E-state index in [1.807, 2.05) is 11.8 Å². The van der Waals surface area contributed by atoms with Gasteiger partial charge in [-0.25, -0.2) is 0 Å². The van der Waals surface area contributed by atoms with Crippen LogP contribution in [0.2, 0.25) is 0 Å². The van der Waals surface area contributed by atoms with Crippen molar-refractivity contribution in [2.24, 2.45) is 11.3 Å². The van der Waals surface area contributed by atoms with Gasteiger partial charge in [0.2, 0.25) is 0 Å². The second kappa shape index (κ2) is 7.96. The molecule has 1 nitrogen and oxygen atoms in total. The molecule has 1 aromatic carbocycles. The van der Waals surface area contributed by atoms with Crippen LogP contribution in [-0.2, 0) is 6.54 Å². The van der Waals surface area contributed by atoms with E-state index in [0.29, 0.717) is 11.3 Å². The van der Waals surface area contributed by atoms with Gasteiger partial charge in [-0.3, -0.25) is 0 Å². The second-order valence-electron chi connectivity index (χ2n) is 6.83. The highest BCUT2D eigenvalue weighted by molar-refractivity contribution is 7.99. The molecule has 0 atom stereocenters. The Kier molecular flexibility index (Phi) is 6.95. The van der Waals surface area contributed by atoms with Gasteiger partial charge in [0.1, 0.15) is 0 Å². The predicted molar refractivity (Wildman–Crippen MR) is 87.8 cm³/mol. The van der Waals surface area contributed by atoms with Gasteiger partial charge in [0.25, 0.3) is 0 Å². The van der Waals surface area contributed by atoms with Crippen molar-refractivity contribution in [3.63, 3.8) is 0 Å². The van der Waals surface area contributed by atoms with Crippen molar-refractivity contribution in [3.8, 4) is 0 Å². The van der Waals surface area contributed by atoms with E-state index >= 15 is 0 Å². The van der Waals surface area contributed by atoms with Crippen LogP contribution in [0.25, 0.3) is 0 Å². The minimum Gasteiger partial charge on any atom is -0.312 e. The van der Waals surface area contributed by atoms with Crippen LogP contribution < -0.4 is 5.32 Å². The molecule has 0 unspecified atom stereocenters. The molecular weight excluding hydrogens is 250 g/mol. The second-order valence-corrected chi connectivity index (χ2v) is 8.00. The van der Waals surface area contributed by atoms with Gasteiger partial charge in [-0.15, -0.1) is 11.8 Å². The quantitative estimate of drug-likeness (QED) is 0.708. The van der Waals surface area contributed by atoms with E-state index in [9.17, 15) is 0 Å². The molecule has 0 bridgehead atoms. The first kappa shape index (κ1) is 16.6. The minimum absolute atomic E-state index is 0.434. The van der Waals surface area contributed by atoms with Gasteiger partial charge >= 0.3 is 0 Å². The van der Waals surface area contributed by atoms with Crippen LogP contribution in [0.1, 0.15) is 46.6 Å². The monoisotopic (exact) mass is 279 g/mol. The Balaban J connectivity index is 2.39. The summed E-state index contributed by atoms with van der Waals surface area (Å²) < 4.78 is 0. The summed E-state index contributed by atoms with van der Waals surface area (Å²) in [6.45, 7) is 13.5. The molecule has 19 heavy (non-hydrogen) atoms. The van der Waals surface area contributed by atoms with Gasteiger partial charge in [-0.2, -0.15) is 0 Å². The van der Waals surface area contributed by atoms with E-state index in [4.69, 9.17) is 0 Å². The maximum atomic E-state index is 3.50. The molecule has 1 rings (SSSR count). The molecule has 1 N–H and O–H groups in total. The molecule has 0 fully saturated rings. The predicted octanol–water partition coefficient (Wildman–Crippen LogP) is 4.96. The fourth-order valence-electron chi connectivity index (χ4n) is 1.73. The first-order valence-corrected chi connectivity index (χ1v) is 8.28. The average Bonchev–Trinajstić information content (AvgIpc) is 2.27. The van der Waals surface area contributed by atoms with Crippen LogP contribution in [0.15, 0.2) is 29.2 Å². The fraction of sp³-hybridized carbons (Fsp3) is 0.647. The zero-order valence-corrected chi connectivity index (χ0v) is 13.9. The van der Waals surface area contributed by atoms with E-state index in [1.54, 1.807) is 0 Å². The van der Waals surface area contributed by atoms with E-state index < -0.39 is 0 Å². The Morgan fingerprint density at radius 2 is 1.95 bits per heavy atom. The largest absolute Gasteiger partial charge is 0.312 e. The van der Waals surface area contributed by atoms with Crippen molar-refractivity contribution in [1.82, 2.24) is 5.32 Å². The van der Waals surface area contributed by atoms with Crippen molar-refractivity contribution in [3.05, 3.63) is 29.8 Å². The maximum Gasteiger partial charge on any atom is 0.0206 e. The Bertz CT molecular complexity index is 366. The summed E-state index contributed by atoms with van der Waals surface area (Å²) in [4.78, 5) is 1.40. The normalized spacial score (nSPS) is 12.1. The number of hydrogen-bond donors (Lipinski definition) is 1. The molecule has 1 aromatic rings. The zero-order valence-electron chi connectivity index (χ0n) is 13.1. The summed E-state index contributed by atoms with van der Waals surface area (Å²) in [6, 6.07) is 8.92. The Hall–Kier alpha value is -0.470. The van der Waals surface area contributed by atoms with Crippen LogP contribution in [0.4, 0.5) is 0 Å². The smallest absolute Gasteiger partial charge is 0.0206 e. The standard InChI is InChI=1S/C17H29NS/c1-14(2)12-18-13-15-7-6-8-16(11-15)19-10-9-17(3,4)5/h6-8,11,14,18H,9-10,12-13H2,1-5H3. The van der Waals surface area contributed by atoms with E-state index in [0.717, 1.165) is 13.1 Å². The summed E-state index contributed by atoms with van der Waals surface area (Å²) in [5.74, 6) is 1.91. The first-order valence-electron chi connectivity index (χ1n) is 7.29. The van der Waals surface area contributed by atoms with Gasteiger partial charge in [0.15, 0.2) is 0 Å². The van der Waals surface area contributed by atoms with Gasteiger partial charge in [-0.1, -0.05) is 46.8 Å². The average molecular weight is 279 g/mol. The van der Waals surface area contributed by atoms with Crippen molar-refractivity contribution < 1.29 is 0 Å². The number of nitrogens with one attached hydrogen (secondary N) is 1. The Labute approximate surface area is 123 Å². The SMILES string of the molecule is CC(C)CNCc1cccc(SCCC(C)(C)C)c1. The van der Waals surface area contributed by atoms with E-state index in [1.165, 1.54) is 22.6 Å². The molecule has 0 saturated carbocycles. The third-order valence-corrected chi connectivity index (χ3v) is 3.90. The van der Waals surface area contributed by atoms with Crippen molar-refractivity contribution >= 4 is 11.8 Å². The van der Waals surface area contributed by atoms with E-state index in [2.05, 4.69) is 64.2 Å². The molecule has 0 spiro atoms. The first-order chi connectivity index (χ1) is 8.87. The Morgan fingerprint density at radius 3 is 2.58 bits per heavy atom. The van der Waals surface area contributed by atoms with Crippen LogP contribution in [0.3, 0.4) is 0 Å². The van der Waals surface area contributed by atoms with Gasteiger partial charge in [-0.05, 0) is 47.7 Å². The number of hydrogen-bond acceptors (Lipinski definition) is 2. The zero-order chi connectivity index (χ0) is 14.3. The highest BCUT2D eigenvalue weighted by Gasteiger charge is 2.09. The lowest BCUT2D eigenvalue weighted by Crippen LogP contribution is -2.18. The van der Waals surface area contributed by atoms with Gasteiger partial charge in [0, 0.05) is 11.4 Å². The van der Waals surface area contributed by atoms with Gasteiger partial charge < -0.3 is 5.32 Å². The van der Waals surface area contributed by atoms with Crippen LogP contribution in [0.5, 0.6) is 0 Å².